The van der Waals surface area contributed by atoms with Crippen molar-refractivity contribution in [3.05, 3.63) is 53.6 Å². The molecule has 0 bridgehead atoms. The standard InChI is InChI=1S/C22H28N4O2S/c1-16-7-8-19(17(2)13-16)29-20-6-4-3-5-18(20)26-11-9-25(10-12-26)15-24-22(28)14-21(23)27/h3-8,13H,9-12,14-15H2,1-2H3,(H2,23,27)(H,24,28). The maximum absolute atomic E-state index is 11.6. The van der Waals surface area contributed by atoms with Crippen LogP contribution in [0.25, 0.3) is 0 Å². The molecular formula is C22H28N4O2S. The molecule has 2 aromatic rings. The molecule has 29 heavy (non-hydrogen) atoms. The van der Waals surface area contributed by atoms with E-state index in [1.807, 2.05) is 11.8 Å². The van der Waals surface area contributed by atoms with Crippen molar-refractivity contribution in [3.8, 4) is 0 Å². The summed E-state index contributed by atoms with van der Waals surface area (Å²) in [5.74, 6) is -0.930. The highest BCUT2D eigenvalue weighted by atomic mass is 32.2. The topological polar surface area (TPSA) is 78.7 Å². The third-order valence-electron chi connectivity index (χ3n) is 4.96. The summed E-state index contributed by atoms with van der Waals surface area (Å²) >= 11 is 1.81. The van der Waals surface area contributed by atoms with E-state index in [1.165, 1.54) is 26.6 Å². The Hall–Kier alpha value is -2.51. The number of aryl methyl sites for hydroxylation is 2. The van der Waals surface area contributed by atoms with E-state index in [-0.39, 0.29) is 12.3 Å². The molecule has 154 valence electrons. The fourth-order valence-electron chi connectivity index (χ4n) is 3.40. The van der Waals surface area contributed by atoms with Crippen LogP contribution >= 0.6 is 11.8 Å². The van der Waals surface area contributed by atoms with E-state index in [4.69, 9.17) is 5.73 Å². The number of nitrogens with two attached hydrogens (primary N) is 1. The third-order valence-corrected chi connectivity index (χ3v) is 6.21. The maximum Gasteiger partial charge on any atom is 0.230 e. The molecule has 0 aliphatic carbocycles. The first kappa shape index (κ1) is 21.2. The van der Waals surface area contributed by atoms with Crippen LogP contribution < -0.4 is 16.0 Å². The lowest BCUT2D eigenvalue weighted by molar-refractivity contribution is -0.128. The number of primary amides is 1. The average molecular weight is 413 g/mol. The summed E-state index contributed by atoms with van der Waals surface area (Å²) in [4.78, 5) is 29.5. The lowest BCUT2D eigenvalue weighted by atomic mass is 10.2. The second-order valence-corrected chi connectivity index (χ2v) is 8.43. The van der Waals surface area contributed by atoms with Gasteiger partial charge >= 0.3 is 0 Å². The van der Waals surface area contributed by atoms with Gasteiger partial charge in [0.15, 0.2) is 0 Å². The number of hydrogen-bond donors (Lipinski definition) is 2. The predicted molar refractivity (Wildman–Crippen MR) is 117 cm³/mol. The van der Waals surface area contributed by atoms with Crippen molar-refractivity contribution in [2.75, 3.05) is 37.7 Å². The smallest absolute Gasteiger partial charge is 0.230 e. The van der Waals surface area contributed by atoms with Crippen molar-refractivity contribution in [1.82, 2.24) is 10.2 Å². The molecule has 1 fully saturated rings. The van der Waals surface area contributed by atoms with E-state index in [9.17, 15) is 9.59 Å². The van der Waals surface area contributed by atoms with Gasteiger partial charge in [-0.25, -0.2) is 0 Å². The van der Waals surface area contributed by atoms with Crippen LogP contribution in [-0.4, -0.2) is 49.6 Å². The van der Waals surface area contributed by atoms with Crippen LogP contribution in [0, 0.1) is 13.8 Å². The molecule has 1 aliphatic heterocycles. The Kier molecular flexibility index (Phi) is 7.17. The lowest BCUT2D eigenvalue weighted by Crippen LogP contribution is -2.50. The quantitative estimate of drug-likeness (QED) is 0.684. The summed E-state index contributed by atoms with van der Waals surface area (Å²) in [6.45, 7) is 8.18. The second-order valence-electron chi connectivity index (χ2n) is 7.34. The fourth-order valence-corrected chi connectivity index (χ4v) is 4.45. The highest BCUT2D eigenvalue weighted by molar-refractivity contribution is 7.99. The van der Waals surface area contributed by atoms with Crippen molar-refractivity contribution < 1.29 is 9.59 Å². The highest BCUT2D eigenvalue weighted by Gasteiger charge is 2.20. The molecule has 7 heteroatoms. The fraction of sp³-hybridized carbons (Fsp3) is 0.364. The van der Waals surface area contributed by atoms with E-state index in [1.54, 1.807) is 0 Å². The zero-order valence-corrected chi connectivity index (χ0v) is 17.8. The molecular weight excluding hydrogens is 384 g/mol. The van der Waals surface area contributed by atoms with Gasteiger partial charge in [-0.15, -0.1) is 0 Å². The minimum Gasteiger partial charge on any atom is -0.369 e. The van der Waals surface area contributed by atoms with Crippen LogP contribution in [-0.2, 0) is 9.59 Å². The summed E-state index contributed by atoms with van der Waals surface area (Å²) in [5.41, 5.74) is 8.86. The molecule has 2 aromatic carbocycles. The molecule has 0 aromatic heterocycles. The van der Waals surface area contributed by atoms with Crippen molar-refractivity contribution in [1.29, 1.82) is 0 Å². The van der Waals surface area contributed by atoms with Crippen LogP contribution in [0.1, 0.15) is 17.5 Å². The zero-order chi connectivity index (χ0) is 20.8. The Morgan fingerprint density at radius 3 is 2.45 bits per heavy atom. The first-order valence-corrected chi connectivity index (χ1v) is 10.6. The molecule has 0 spiro atoms. The maximum atomic E-state index is 11.6. The largest absolute Gasteiger partial charge is 0.369 e. The normalized spacial score (nSPS) is 14.6. The van der Waals surface area contributed by atoms with Crippen LogP contribution in [0.3, 0.4) is 0 Å². The molecule has 0 saturated carbocycles. The van der Waals surface area contributed by atoms with Gasteiger partial charge in [0.1, 0.15) is 6.42 Å². The molecule has 0 atom stereocenters. The number of carbonyl (C=O) groups excluding carboxylic acids is 2. The SMILES string of the molecule is Cc1ccc(Sc2ccccc2N2CCN(CNC(=O)CC(N)=O)CC2)c(C)c1. The Labute approximate surface area is 176 Å². The summed E-state index contributed by atoms with van der Waals surface area (Å²) in [7, 11) is 0. The molecule has 1 heterocycles. The second kappa shape index (κ2) is 9.80. The molecule has 6 nitrogen and oxygen atoms in total. The van der Waals surface area contributed by atoms with E-state index < -0.39 is 5.91 Å². The molecule has 0 radical (unpaired) electrons. The van der Waals surface area contributed by atoms with Gasteiger partial charge in [0.25, 0.3) is 0 Å². The van der Waals surface area contributed by atoms with Gasteiger partial charge in [-0.1, -0.05) is 41.6 Å². The molecule has 3 N–H and O–H groups in total. The average Bonchev–Trinajstić information content (AvgIpc) is 2.69. The van der Waals surface area contributed by atoms with Gasteiger partial charge in [0.2, 0.25) is 11.8 Å². The Bertz CT molecular complexity index is 879. The van der Waals surface area contributed by atoms with Crippen molar-refractivity contribution >= 4 is 29.3 Å². The molecule has 3 rings (SSSR count). The van der Waals surface area contributed by atoms with Gasteiger partial charge in [0, 0.05) is 36.0 Å². The zero-order valence-electron chi connectivity index (χ0n) is 17.0. The van der Waals surface area contributed by atoms with Gasteiger partial charge in [-0.3, -0.25) is 14.5 Å². The molecule has 0 unspecified atom stereocenters. The number of benzene rings is 2. The Balaban J connectivity index is 1.60. The number of amides is 2. The van der Waals surface area contributed by atoms with Crippen LogP contribution in [0.2, 0.25) is 0 Å². The van der Waals surface area contributed by atoms with E-state index in [0.29, 0.717) is 6.67 Å². The van der Waals surface area contributed by atoms with Gasteiger partial charge in [0.05, 0.1) is 12.4 Å². The van der Waals surface area contributed by atoms with E-state index >= 15 is 0 Å². The summed E-state index contributed by atoms with van der Waals surface area (Å²) in [5, 5.41) is 2.76. The number of hydrogen-bond acceptors (Lipinski definition) is 5. The van der Waals surface area contributed by atoms with Gasteiger partial charge < -0.3 is 16.0 Å². The highest BCUT2D eigenvalue weighted by Crippen LogP contribution is 2.37. The molecule has 1 aliphatic rings. The number of nitrogens with zero attached hydrogens (tertiary/aromatic N) is 2. The van der Waals surface area contributed by atoms with Gasteiger partial charge in [-0.05, 0) is 37.6 Å². The van der Waals surface area contributed by atoms with Crippen molar-refractivity contribution in [3.63, 3.8) is 0 Å². The first-order chi connectivity index (χ1) is 13.9. The van der Waals surface area contributed by atoms with Crippen molar-refractivity contribution in [2.45, 2.75) is 30.1 Å². The van der Waals surface area contributed by atoms with Crippen LogP contribution in [0.15, 0.2) is 52.3 Å². The lowest BCUT2D eigenvalue weighted by Gasteiger charge is -2.36. The number of anilines is 1. The molecule has 2 amide bonds. The number of rotatable bonds is 7. The van der Waals surface area contributed by atoms with E-state index in [0.717, 1.165) is 26.2 Å². The first-order valence-electron chi connectivity index (χ1n) is 9.79. The minimum absolute atomic E-state index is 0.261. The number of piperazine rings is 1. The molecule has 1 saturated heterocycles. The van der Waals surface area contributed by atoms with E-state index in [2.05, 4.69) is 71.4 Å². The monoisotopic (exact) mass is 412 g/mol. The number of nitrogens with one attached hydrogen (secondary N) is 1. The number of para-hydroxylation sites is 1. The minimum atomic E-state index is -0.606. The predicted octanol–water partition coefficient (Wildman–Crippen LogP) is 2.53. The van der Waals surface area contributed by atoms with Crippen LogP contribution in [0.5, 0.6) is 0 Å². The summed E-state index contributed by atoms with van der Waals surface area (Å²) in [6.07, 6.45) is -0.261. The van der Waals surface area contributed by atoms with Crippen molar-refractivity contribution in [2.24, 2.45) is 5.73 Å². The summed E-state index contributed by atoms with van der Waals surface area (Å²) < 4.78 is 0. The van der Waals surface area contributed by atoms with Crippen LogP contribution in [0.4, 0.5) is 5.69 Å². The summed E-state index contributed by atoms with van der Waals surface area (Å²) in [6, 6.07) is 15.1. The Morgan fingerprint density at radius 2 is 1.76 bits per heavy atom. The Morgan fingerprint density at radius 1 is 1.03 bits per heavy atom. The van der Waals surface area contributed by atoms with Gasteiger partial charge in [-0.2, -0.15) is 0 Å². The number of carbonyl (C=O) groups is 2. The third kappa shape index (κ3) is 5.98.